The highest BCUT2D eigenvalue weighted by Gasteiger charge is 2.02. The van der Waals surface area contributed by atoms with Crippen LogP contribution in [0.4, 0.5) is 0 Å². The van der Waals surface area contributed by atoms with E-state index in [0.717, 1.165) is 22.3 Å². The van der Waals surface area contributed by atoms with E-state index in [1.54, 1.807) is 6.07 Å². The van der Waals surface area contributed by atoms with Crippen molar-refractivity contribution in [2.75, 3.05) is 0 Å². The zero-order valence-electron chi connectivity index (χ0n) is 9.63. The molecule has 90 valence electrons. The maximum Gasteiger partial charge on any atom is 0.222 e. The molecule has 0 amide bonds. The standard InChI is InChI=1S/C13H12N4O/c14-7-10-5-13(17-8-16-10)18-11-2-1-9-3-4-15-12(9)6-11/h1-6,8,15H,7,14H2. The fourth-order valence-electron chi connectivity index (χ4n) is 1.76. The third-order valence-corrected chi connectivity index (χ3v) is 2.66. The van der Waals surface area contributed by atoms with Gasteiger partial charge in [0, 0.05) is 30.4 Å². The molecule has 0 aliphatic heterocycles. The molecular formula is C13H12N4O. The molecule has 0 spiro atoms. The molecular weight excluding hydrogens is 228 g/mol. The van der Waals surface area contributed by atoms with Crippen LogP contribution in [0.1, 0.15) is 5.69 Å². The molecule has 0 saturated heterocycles. The molecule has 0 aliphatic rings. The summed E-state index contributed by atoms with van der Waals surface area (Å²) in [5, 5.41) is 1.15. The molecule has 1 aromatic carbocycles. The highest BCUT2D eigenvalue weighted by molar-refractivity contribution is 5.80. The minimum atomic E-state index is 0.370. The number of aromatic amines is 1. The van der Waals surface area contributed by atoms with Gasteiger partial charge >= 0.3 is 0 Å². The van der Waals surface area contributed by atoms with Crippen molar-refractivity contribution in [3.05, 3.63) is 48.5 Å². The van der Waals surface area contributed by atoms with Gasteiger partial charge in [0.05, 0.1) is 5.69 Å². The largest absolute Gasteiger partial charge is 0.439 e. The monoisotopic (exact) mass is 240 g/mol. The zero-order chi connectivity index (χ0) is 12.4. The molecule has 0 radical (unpaired) electrons. The predicted molar refractivity (Wildman–Crippen MR) is 68.3 cm³/mol. The van der Waals surface area contributed by atoms with Gasteiger partial charge in [-0.15, -0.1) is 0 Å². The lowest BCUT2D eigenvalue weighted by Gasteiger charge is -2.05. The minimum absolute atomic E-state index is 0.370. The summed E-state index contributed by atoms with van der Waals surface area (Å²) in [5.74, 6) is 1.22. The van der Waals surface area contributed by atoms with Crippen molar-refractivity contribution in [2.24, 2.45) is 5.73 Å². The second-order valence-electron chi connectivity index (χ2n) is 3.88. The quantitative estimate of drug-likeness (QED) is 0.735. The number of benzene rings is 1. The maximum absolute atomic E-state index is 5.67. The molecule has 3 N–H and O–H groups in total. The van der Waals surface area contributed by atoms with E-state index >= 15 is 0 Å². The maximum atomic E-state index is 5.67. The third kappa shape index (κ3) is 2.03. The van der Waals surface area contributed by atoms with Crippen molar-refractivity contribution in [3.8, 4) is 11.6 Å². The summed E-state index contributed by atoms with van der Waals surface area (Å²) in [4.78, 5) is 11.2. The van der Waals surface area contributed by atoms with E-state index in [1.165, 1.54) is 6.33 Å². The Kier molecular flexibility index (Phi) is 2.66. The van der Waals surface area contributed by atoms with Crippen molar-refractivity contribution in [1.29, 1.82) is 0 Å². The van der Waals surface area contributed by atoms with Crippen LogP contribution in [-0.4, -0.2) is 15.0 Å². The molecule has 0 atom stereocenters. The average molecular weight is 240 g/mol. The first-order valence-electron chi connectivity index (χ1n) is 5.61. The Morgan fingerprint density at radius 2 is 2.11 bits per heavy atom. The molecule has 3 rings (SSSR count). The smallest absolute Gasteiger partial charge is 0.222 e. The topological polar surface area (TPSA) is 76.8 Å². The lowest BCUT2D eigenvalue weighted by molar-refractivity contribution is 0.461. The number of hydrogen-bond acceptors (Lipinski definition) is 4. The molecule has 0 fully saturated rings. The van der Waals surface area contributed by atoms with E-state index in [2.05, 4.69) is 15.0 Å². The highest BCUT2D eigenvalue weighted by atomic mass is 16.5. The Bertz CT molecular complexity index is 677. The number of hydrogen-bond donors (Lipinski definition) is 2. The van der Waals surface area contributed by atoms with Gasteiger partial charge in [0.2, 0.25) is 5.88 Å². The molecule has 5 heteroatoms. The van der Waals surface area contributed by atoms with Crippen LogP contribution >= 0.6 is 0 Å². The number of nitrogens with two attached hydrogens (primary N) is 1. The number of aromatic nitrogens is 3. The number of fused-ring (bicyclic) bond motifs is 1. The molecule has 0 aliphatic carbocycles. The van der Waals surface area contributed by atoms with Crippen molar-refractivity contribution in [1.82, 2.24) is 15.0 Å². The van der Waals surface area contributed by atoms with Gasteiger partial charge in [-0.25, -0.2) is 9.97 Å². The third-order valence-electron chi connectivity index (χ3n) is 2.66. The molecule has 0 unspecified atom stereocenters. The second kappa shape index (κ2) is 4.46. The summed E-state index contributed by atoms with van der Waals surface area (Å²) < 4.78 is 5.67. The van der Waals surface area contributed by atoms with Gasteiger partial charge in [0.25, 0.3) is 0 Å². The molecule has 0 bridgehead atoms. The van der Waals surface area contributed by atoms with Gasteiger partial charge in [-0.3, -0.25) is 0 Å². The van der Waals surface area contributed by atoms with E-state index in [1.807, 2.05) is 30.5 Å². The Balaban J connectivity index is 1.90. The summed E-state index contributed by atoms with van der Waals surface area (Å²) in [7, 11) is 0. The second-order valence-corrected chi connectivity index (χ2v) is 3.88. The number of nitrogens with zero attached hydrogens (tertiary/aromatic N) is 2. The van der Waals surface area contributed by atoms with E-state index < -0.39 is 0 Å². The molecule has 0 saturated carbocycles. The number of H-pyrrole nitrogens is 1. The van der Waals surface area contributed by atoms with Gasteiger partial charge in [0.15, 0.2) is 0 Å². The minimum Gasteiger partial charge on any atom is -0.439 e. The van der Waals surface area contributed by atoms with E-state index in [4.69, 9.17) is 10.5 Å². The number of nitrogens with one attached hydrogen (secondary N) is 1. The van der Waals surface area contributed by atoms with Crippen LogP contribution < -0.4 is 10.5 Å². The van der Waals surface area contributed by atoms with Crippen molar-refractivity contribution in [3.63, 3.8) is 0 Å². The van der Waals surface area contributed by atoms with Crippen LogP contribution in [-0.2, 0) is 6.54 Å². The van der Waals surface area contributed by atoms with Crippen LogP contribution in [0.2, 0.25) is 0 Å². The summed E-state index contributed by atoms with van der Waals surface area (Å²) in [6.45, 7) is 0.370. The van der Waals surface area contributed by atoms with E-state index in [-0.39, 0.29) is 0 Å². The SMILES string of the molecule is NCc1cc(Oc2ccc3cc[nH]c3c2)ncn1. The van der Waals surface area contributed by atoms with Gasteiger partial charge in [-0.05, 0) is 23.6 Å². The summed E-state index contributed by atoms with van der Waals surface area (Å²) in [6.07, 6.45) is 3.34. The Hall–Kier alpha value is -2.40. The summed E-state index contributed by atoms with van der Waals surface area (Å²) in [5.41, 5.74) is 7.30. The Labute approximate surface area is 104 Å². The van der Waals surface area contributed by atoms with Crippen LogP contribution in [0.3, 0.4) is 0 Å². The first-order valence-corrected chi connectivity index (χ1v) is 5.61. The molecule has 2 heterocycles. The predicted octanol–water partition coefficient (Wildman–Crippen LogP) is 2.21. The molecule has 2 aromatic heterocycles. The summed E-state index contributed by atoms with van der Waals surface area (Å²) in [6, 6.07) is 9.57. The first-order chi connectivity index (χ1) is 8.85. The summed E-state index contributed by atoms with van der Waals surface area (Å²) >= 11 is 0. The van der Waals surface area contributed by atoms with Crippen molar-refractivity contribution < 1.29 is 4.74 Å². The van der Waals surface area contributed by atoms with E-state index in [0.29, 0.717) is 12.4 Å². The van der Waals surface area contributed by atoms with Crippen molar-refractivity contribution in [2.45, 2.75) is 6.54 Å². The van der Waals surface area contributed by atoms with Gasteiger partial charge in [0.1, 0.15) is 12.1 Å². The average Bonchev–Trinajstić information content (AvgIpc) is 2.86. The highest BCUT2D eigenvalue weighted by Crippen LogP contribution is 2.23. The molecule has 3 aromatic rings. The van der Waals surface area contributed by atoms with Gasteiger partial charge in [-0.1, -0.05) is 0 Å². The Morgan fingerprint density at radius 1 is 1.17 bits per heavy atom. The van der Waals surface area contributed by atoms with Gasteiger partial charge < -0.3 is 15.5 Å². The molecule has 5 nitrogen and oxygen atoms in total. The lowest BCUT2D eigenvalue weighted by Crippen LogP contribution is -2.00. The Morgan fingerprint density at radius 3 is 3.00 bits per heavy atom. The van der Waals surface area contributed by atoms with Crippen LogP contribution in [0.25, 0.3) is 10.9 Å². The van der Waals surface area contributed by atoms with Gasteiger partial charge in [-0.2, -0.15) is 0 Å². The normalized spacial score (nSPS) is 10.7. The van der Waals surface area contributed by atoms with Crippen LogP contribution in [0, 0.1) is 0 Å². The lowest BCUT2D eigenvalue weighted by atomic mass is 10.2. The first kappa shape index (κ1) is 10.7. The number of ether oxygens (including phenoxy) is 1. The zero-order valence-corrected chi connectivity index (χ0v) is 9.63. The fourth-order valence-corrected chi connectivity index (χ4v) is 1.76. The van der Waals surface area contributed by atoms with E-state index in [9.17, 15) is 0 Å². The molecule has 18 heavy (non-hydrogen) atoms. The van der Waals surface area contributed by atoms with Crippen LogP contribution in [0.5, 0.6) is 11.6 Å². The number of rotatable bonds is 3. The fraction of sp³-hybridized carbons (Fsp3) is 0.0769. The van der Waals surface area contributed by atoms with Crippen LogP contribution in [0.15, 0.2) is 42.9 Å². The van der Waals surface area contributed by atoms with Crippen molar-refractivity contribution >= 4 is 10.9 Å².